The molecule has 2 aromatic carbocycles. The molecule has 2 aliphatic heterocycles. The van der Waals surface area contributed by atoms with Crippen LogP contribution in [-0.2, 0) is 11.4 Å². The SMILES string of the molecule is CC1(C)CCCC(C)(C)N1O[C@@H]1CN(Cc2ccccc2)C[C@@H](CO)[C@@H]1c1ccccc1. The Bertz CT molecular complexity index is 836. The zero-order chi connectivity index (χ0) is 22.8. The van der Waals surface area contributed by atoms with Crippen molar-refractivity contribution in [2.45, 2.75) is 76.6 Å². The molecule has 4 nitrogen and oxygen atoms in total. The van der Waals surface area contributed by atoms with E-state index in [1.165, 1.54) is 17.5 Å². The summed E-state index contributed by atoms with van der Waals surface area (Å²) in [5.74, 6) is 0.303. The number of rotatable bonds is 6. The van der Waals surface area contributed by atoms with Gasteiger partial charge in [0.05, 0.1) is 6.10 Å². The monoisotopic (exact) mass is 436 g/mol. The average Bonchev–Trinajstić information content (AvgIpc) is 2.77. The number of aliphatic hydroxyl groups excluding tert-OH is 1. The molecule has 2 saturated heterocycles. The van der Waals surface area contributed by atoms with Gasteiger partial charge >= 0.3 is 0 Å². The van der Waals surface area contributed by atoms with E-state index < -0.39 is 0 Å². The van der Waals surface area contributed by atoms with Crippen LogP contribution in [0.4, 0.5) is 0 Å². The van der Waals surface area contributed by atoms with E-state index >= 15 is 0 Å². The van der Waals surface area contributed by atoms with Crippen LogP contribution in [0.1, 0.15) is 64.0 Å². The van der Waals surface area contributed by atoms with Crippen molar-refractivity contribution in [3.63, 3.8) is 0 Å². The molecule has 1 N–H and O–H groups in total. The van der Waals surface area contributed by atoms with Crippen LogP contribution < -0.4 is 0 Å². The lowest BCUT2D eigenvalue weighted by atomic mass is 9.78. The predicted octanol–water partition coefficient (Wildman–Crippen LogP) is 5.24. The van der Waals surface area contributed by atoms with Gasteiger partial charge < -0.3 is 5.11 Å². The molecule has 0 radical (unpaired) electrons. The van der Waals surface area contributed by atoms with Crippen molar-refractivity contribution in [1.29, 1.82) is 0 Å². The third-order valence-corrected chi connectivity index (χ3v) is 7.42. The number of hydrogen-bond donors (Lipinski definition) is 1. The number of likely N-dealkylation sites (tertiary alicyclic amines) is 1. The molecular formula is C28H40N2O2. The molecule has 0 bridgehead atoms. The largest absolute Gasteiger partial charge is 0.396 e. The van der Waals surface area contributed by atoms with Crippen molar-refractivity contribution in [2.75, 3.05) is 19.7 Å². The molecule has 0 aromatic heterocycles. The maximum absolute atomic E-state index is 10.4. The van der Waals surface area contributed by atoms with Gasteiger partial charge in [0.15, 0.2) is 0 Å². The first-order chi connectivity index (χ1) is 15.3. The van der Waals surface area contributed by atoms with Crippen molar-refractivity contribution in [3.8, 4) is 0 Å². The fourth-order valence-electron chi connectivity index (χ4n) is 5.99. The Morgan fingerprint density at radius 3 is 2.06 bits per heavy atom. The van der Waals surface area contributed by atoms with E-state index in [0.717, 1.165) is 32.5 Å². The maximum Gasteiger partial charge on any atom is 0.0992 e. The maximum atomic E-state index is 10.4. The molecule has 4 heteroatoms. The Morgan fingerprint density at radius 1 is 0.875 bits per heavy atom. The third kappa shape index (κ3) is 5.09. The van der Waals surface area contributed by atoms with E-state index in [4.69, 9.17) is 4.84 Å². The van der Waals surface area contributed by atoms with Crippen LogP contribution in [0.2, 0.25) is 0 Å². The molecule has 0 aliphatic carbocycles. The summed E-state index contributed by atoms with van der Waals surface area (Å²) in [7, 11) is 0. The molecule has 2 fully saturated rings. The first-order valence-corrected chi connectivity index (χ1v) is 12.2. The summed E-state index contributed by atoms with van der Waals surface area (Å²) >= 11 is 0. The van der Waals surface area contributed by atoms with Crippen molar-refractivity contribution in [3.05, 3.63) is 71.8 Å². The van der Waals surface area contributed by atoms with Gasteiger partial charge in [-0.05, 0) is 58.1 Å². The molecule has 0 amide bonds. The fraction of sp³-hybridized carbons (Fsp3) is 0.571. The van der Waals surface area contributed by atoms with Crippen LogP contribution in [0.25, 0.3) is 0 Å². The molecule has 2 aromatic rings. The summed E-state index contributed by atoms with van der Waals surface area (Å²) in [4.78, 5) is 9.47. The van der Waals surface area contributed by atoms with E-state index in [2.05, 4.69) is 98.3 Å². The lowest BCUT2D eigenvalue weighted by molar-refractivity contribution is -0.316. The molecule has 3 atom stereocenters. The van der Waals surface area contributed by atoms with Crippen molar-refractivity contribution >= 4 is 0 Å². The minimum atomic E-state index is -0.0145. The summed E-state index contributed by atoms with van der Waals surface area (Å²) in [6, 6.07) is 21.3. The van der Waals surface area contributed by atoms with Gasteiger partial charge in [0.1, 0.15) is 0 Å². The van der Waals surface area contributed by atoms with Gasteiger partial charge in [-0.2, -0.15) is 5.06 Å². The summed E-state index contributed by atoms with van der Waals surface area (Å²) in [6.07, 6.45) is 3.49. The van der Waals surface area contributed by atoms with Crippen molar-refractivity contribution in [1.82, 2.24) is 9.96 Å². The summed E-state index contributed by atoms with van der Waals surface area (Å²) in [5.41, 5.74) is 2.54. The fourth-order valence-corrected chi connectivity index (χ4v) is 5.99. The summed E-state index contributed by atoms with van der Waals surface area (Å²) < 4.78 is 0. The smallest absolute Gasteiger partial charge is 0.0992 e. The van der Waals surface area contributed by atoms with E-state index in [1.807, 2.05) is 0 Å². The number of hydrogen-bond acceptors (Lipinski definition) is 4. The first-order valence-electron chi connectivity index (χ1n) is 12.2. The molecule has 2 heterocycles. The summed E-state index contributed by atoms with van der Waals surface area (Å²) in [5, 5.41) is 12.7. The van der Waals surface area contributed by atoms with Crippen molar-refractivity contribution in [2.24, 2.45) is 5.92 Å². The third-order valence-electron chi connectivity index (χ3n) is 7.42. The van der Waals surface area contributed by atoms with Gasteiger partial charge in [-0.15, -0.1) is 0 Å². The van der Waals surface area contributed by atoms with Gasteiger partial charge in [-0.3, -0.25) is 9.74 Å². The minimum Gasteiger partial charge on any atom is -0.396 e. The zero-order valence-corrected chi connectivity index (χ0v) is 20.2. The second-order valence-electron chi connectivity index (χ2n) is 11.0. The van der Waals surface area contributed by atoms with E-state index in [9.17, 15) is 5.11 Å². The number of nitrogens with zero attached hydrogens (tertiary/aromatic N) is 2. The molecule has 0 unspecified atom stereocenters. The Kier molecular flexibility index (Phi) is 7.06. The summed E-state index contributed by atoms with van der Waals surface area (Å²) in [6.45, 7) is 12.0. The normalized spacial score (nSPS) is 28.5. The van der Waals surface area contributed by atoms with Crippen LogP contribution in [0.15, 0.2) is 60.7 Å². The lowest BCUT2D eigenvalue weighted by Gasteiger charge is -2.54. The van der Waals surface area contributed by atoms with Crippen LogP contribution >= 0.6 is 0 Å². The first kappa shape index (κ1) is 23.4. The number of aliphatic hydroxyl groups is 1. The zero-order valence-electron chi connectivity index (χ0n) is 20.2. The van der Waals surface area contributed by atoms with Gasteiger partial charge in [-0.25, -0.2) is 0 Å². The number of piperidine rings is 2. The molecule has 0 spiro atoms. The van der Waals surface area contributed by atoms with Gasteiger partial charge in [-0.1, -0.05) is 60.7 Å². The Morgan fingerprint density at radius 2 is 1.47 bits per heavy atom. The second-order valence-corrected chi connectivity index (χ2v) is 11.0. The second kappa shape index (κ2) is 9.64. The highest BCUT2D eigenvalue weighted by Gasteiger charge is 2.47. The topological polar surface area (TPSA) is 35.9 Å². The molecular weight excluding hydrogens is 396 g/mol. The molecule has 32 heavy (non-hydrogen) atoms. The Balaban J connectivity index is 1.64. The van der Waals surface area contributed by atoms with Crippen molar-refractivity contribution < 1.29 is 9.94 Å². The predicted molar refractivity (Wildman–Crippen MR) is 130 cm³/mol. The van der Waals surface area contributed by atoms with Crippen LogP contribution in [0.3, 0.4) is 0 Å². The Labute approximate surface area is 194 Å². The van der Waals surface area contributed by atoms with E-state index in [1.54, 1.807) is 0 Å². The van der Waals surface area contributed by atoms with Gasteiger partial charge in [0.25, 0.3) is 0 Å². The van der Waals surface area contributed by atoms with E-state index in [0.29, 0.717) is 0 Å². The molecule has 0 saturated carbocycles. The van der Waals surface area contributed by atoms with Gasteiger partial charge in [0.2, 0.25) is 0 Å². The highest BCUT2D eigenvalue weighted by atomic mass is 16.7. The quantitative estimate of drug-likeness (QED) is 0.672. The average molecular weight is 437 g/mol. The molecule has 174 valence electrons. The van der Waals surface area contributed by atoms with Gasteiger partial charge in [0, 0.05) is 49.2 Å². The van der Waals surface area contributed by atoms with Crippen LogP contribution in [0, 0.1) is 5.92 Å². The van der Waals surface area contributed by atoms with Crippen LogP contribution in [0.5, 0.6) is 0 Å². The molecule has 4 rings (SSSR count). The van der Waals surface area contributed by atoms with E-state index in [-0.39, 0.29) is 35.6 Å². The standard InChI is InChI=1S/C28H40N2O2/c1-27(2)16-11-17-28(3,4)30(27)32-25-20-29(18-22-12-7-5-8-13-22)19-24(21-31)26(25)23-14-9-6-10-15-23/h5-10,12-15,24-26,31H,11,16-21H2,1-4H3/t24-,25+,26-/m0/s1. The number of benzene rings is 2. The lowest BCUT2D eigenvalue weighted by Crippen LogP contribution is -2.62. The Hall–Kier alpha value is -1.72. The highest BCUT2D eigenvalue weighted by molar-refractivity contribution is 5.24. The number of hydroxylamine groups is 2. The minimum absolute atomic E-state index is 0.0105. The highest BCUT2D eigenvalue weighted by Crippen LogP contribution is 2.42. The molecule has 2 aliphatic rings. The van der Waals surface area contributed by atoms with Crippen LogP contribution in [-0.4, -0.2) is 51.9 Å².